The number of ether oxygens (including phenoxy) is 1. The molecule has 0 radical (unpaired) electrons. The molecule has 0 amide bonds. The quantitative estimate of drug-likeness (QED) is 0.874. The minimum atomic E-state index is 0.566. The van der Waals surface area contributed by atoms with E-state index in [1.807, 2.05) is 0 Å². The topological polar surface area (TPSA) is 21.3 Å². The third-order valence-corrected chi connectivity index (χ3v) is 4.64. The summed E-state index contributed by atoms with van der Waals surface area (Å²) in [6.45, 7) is 4.18. The molecule has 2 atom stereocenters. The Morgan fingerprint density at radius 2 is 1.77 bits per heavy atom. The maximum atomic E-state index is 6.14. The maximum absolute atomic E-state index is 6.14. The Labute approximate surface area is 133 Å². The van der Waals surface area contributed by atoms with Crippen LogP contribution in [-0.2, 0) is 12.8 Å². The number of hydrogen-bond donors (Lipinski definition) is 1. The maximum Gasteiger partial charge on any atom is 0.122 e. The van der Waals surface area contributed by atoms with E-state index >= 15 is 0 Å². The van der Waals surface area contributed by atoms with E-state index in [0.29, 0.717) is 12.0 Å². The van der Waals surface area contributed by atoms with Gasteiger partial charge in [-0.2, -0.15) is 0 Å². The minimum absolute atomic E-state index is 0.566. The monoisotopic (exact) mass is 295 g/mol. The molecule has 116 valence electrons. The summed E-state index contributed by atoms with van der Waals surface area (Å²) < 4.78 is 6.14. The first kappa shape index (κ1) is 15.1. The van der Waals surface area contributed by atoms with Gasteiger partial charge in [0.1, 0.15) is 5.75 Å². The van der Waals surface area contributed by atoms with Crippen molar-refractivity contribution in [3.8, 4) is 5.75 Å². The van der Waals surface area contributed by atoms with Crippen molar-refractivity contribution in [3.05, 3.63) is 65.7 Å². The third kappa shape index (κ3) is 3.89. The zero-order chi connectivity index (χ0) is 15.2. The van der Waals surface area contributed by atoms with Gasteiger partial charge in [-0.3, -0.25) is 0 Å². The summed E-state index contributed by atoms with van der Waals surface area (Å²) in [7, 11) is 0. The molecule has 0 spiro atoms. The molecule has 1 saturated heterocycles. The lowest BCUT2D eigenvalue weighted by molar-refractivity contribution is 0.238. The Bertz CT molecular complexity index is 581. The lowest BCUT2D eigenvalue weighted by Gasteiger charge is -2.17. The summed E-state index contributed by atoms with van der Waals surface area (Å²) in [6.07, 6.45) is 3.30. The number of hydrogen-bond acceptors (Lipinski definition) is 2. The van der Waals surface area contributed by atoms with Gasteiger partial charge in [0.05, 0.1) is 6.61 Å². The van der Waals surface area contributed by atoms with Gasteiger partial charge in [-0.25, -0.2) is 0 Å². The van der Waals surface area contributed by atoms with Crippen LogP contribution in [-0.4, -0.2) is 19.2 Å². The highest BCUT2D eigenvalue weighted by atomic mass is 16.5. The van der Waals surface area contributed by atoms with Gasteiger partial charge in [0.15, 0.2) is 0 Å². The van der Waals surface area contributed by atoms with Crippen molar-refractivity contribution in [1.29, 1.82) is 0 Å². The second kappa shape index (κ2) is 7.46. The van der Waals surface area contributed by atoms with Crippen molar-refractivity contribution in [3.63, 3.8) is 0 Å². The van der Waals surface area contributed by atoms with Crippen molar-refractivity contribution in [1.82, 2.24) is 5.32 Å². The SMILES string of the molecule is CC1NCCC1COc1ccccc1CCc1ccccc1. The molecule has 2 aromatic rings. The summed E-state index contributed by atoms with van der Waals surface area (Å²) in [5, 5.41) is 3.49. The van der Waals surface area contributed by atoms with Gasteiger partial charge < -0.3 is 10.1 Å². The number of aryl methyl sites for hydroxylation is 2. The molecule has 0 aromatic heterocycles. The van der Waals surface area contributed by atoms with Crippen molar-refractivity contribution in [2.45, 2.75) is 32.2 Å². The van der Waals surface area contributed by atoms with Gasteiger partial charge in [0.25, 0.3) is 0 Å². The van der Waals surface area contributed by atoms with Gasteiger partial charge in [-0.1, -0.05) is 48.5 Å². The summed E-state index contributed by atoms with van der Waals surface area (Å²) in [4.78, 5) is 0. The molecule has 0 bridgehead atoms. The Balaban J connectivity index is 1.60. The largest absolute Gasteiger partial charge is 0.493 e. The number of rotatable bonds is 6. The van der Waals surface area contributed by atoms with Crippen LogP contribution in [0.3, 0.4) is 0 Å². The van der Waals surface area contributed by atoms with Crippen molar-refractivity contribution < 1.29 is 4.74 Å². The zero-order valence-corrected chi connectivity index (χ0v) is 13.3. The highest BCUT2D eigenvalue weighted by Crippen LogP contribution is 2.23. The van der Waals surface area contributed by atoms with Crippen molar-refractivity contribution >= 4 is 0 Å². The van der Waals surface area contributed by atoms with Gasteiger partial charge in [-0.15, -0.1) is 0 Å². The summed E-state index contributed by atoms with van der Waals surface area (Å²) in [6, 6.07) is 19.7. The first-order valence-corrected chi connectivity index (χ1v) is 8.31. The molecule has 0 aliphatic carbocycles. The van der Waals surface area contributed by atoms with Gasteiger partial charge in [0, 0.05) is 12.0 Å². The molecule has 1 fully saturated rings. The Morgan fingerprint density at radius 3 is 2.55 bits per heavy atom. The number of benzene rings is 2. The van der Waals surface area contributed by atoms with E-state index < -0.39 is 0 Å². The highest BCUT2D eigenvalue weighted by Gasteiger charge is 2.23. The van der Waals surface area contributed by atoms with Crippen LogP contribution in [0.1, 0.15) is 24.5 Å². The van der Waals surface area contributed by atoms with E-state index in [1.165, 1.54) is 17.5 Å². The first-order chi connectivity index (χ1) is 10.8. The van der Waals surface area contributed by atoms with Crippen LogP contribution in [0.5, 0.6) is 5.75 Å². The predicted octanol–water partition coefficient (Wildman–Crippen LogP) is 3.85. The van der Waals surface area contributed by atoms with Crippen molar-refractivity contribution in [2.75, 3.05) is 13.2 Å². The van der Waals surface area contributed by atoms with Crippen LogP contribution in [0, 0.1) is 5.92 Å². The number of nitrogens with one attached hydrogen (secondary N) is 1. The van der Waals surface area contributed by atoms with Gasteiger partial charge >= 0.3 is 0 Å². The zero-order valence-electron chi connectivity index (χ0n) is 13.3. The summed E-state index contributed by atoms with van der Waals surface area (Å²) in [5.74, 6) is 1.68. The van der Waals surface area contributed by atoms with Gasteiger partial charge in [-0.05, 0) is 49.9 Å². The number of para-hydroxylation sites is 1. The molecule has 22 heavy (non-hydrogen) atoms. The fraction of sp³-hybridized carbons (Fsp3) is 0.400. The molecule has 0 saturated carbocycles. The lowest BCUT2D eigenvalue weighted by atomic mass is 10.0. The van der Waals surface area contributed by atoms with E-state index in [1.54, 1.807) is 0 Å². The molecule has 3 rings (SSSR count). The second-order valence-electron chi connectivity index (χ2n) is 6.20. The Hall–Kier alpha value is -1.80. The molecule has 2 unspecified atom stereocenters. The molecule has 1 heterocycles. The van der Waals surface area contributed by atoms with Crippen LogP contribution in [0.15, 0.2) is 54.6 Å². The van der Waals surface area contributed by atoms with Crippen LogP contribution in [0.2, 0.25) is 0 Å². The lowest BCUT2D eigenvalue weighted by Crippen LogP contribution is -2.26. The van der Waals surface area contributed by atoms with Crippen LogP contribution >= 0.6 is 0 Å². The second-order valence-corrected chi connectivity index (χ2v) is 6.20. The molecular formula is C20H25NO. The molecule has 2 nitrogen and oxygen atoms in total. The molecule has 1 aliphatic heterocycles. The smallest absolute Gasteiger partial charge is 0.122 e. The van der Waals surface area contributed by atoms with E-state index in [-0.39, 0.29) is 0 Å². The van der Waals surface area contributed by atoms with Crippen LogP contribution < -0.4 is 10.1 Å². The third-order valence-electron chi connectivity index (χ3n) is 4.64. The Kier molecular flexibility index (Phi) is 5.12. The average Bonchev–Trinajstić information content (AvgIpc) is 2.98. The van der Waals surface area contributed by atoms with Gasteiger partial charge in [0.2, 0.25) is 0 Å². The van der Waals surface area contributed by atoms with E-state index in [4.69, 9.17) is 4.74 Å². The minimum Gasteiger partial charge on any atom is -0.493 e. The summed E-state index contributed by atoms with van der Waals surface area (Å²) in [5.41, 5.74) is 2.69. The fourth-order valence-electron chi connectivity index (χ4n) is 3.11. The fourth-order valence-corrected chi connectivity index (χ4v) is 3.11. The molecule has 1 N–H and O–H groups in total. The van der Waals surface area contributed by atoms with E-state index in [2.05, 4.69) is 66.8 Å². The molecule has 2 heteroatoms. The molecular weight excluding hydrogens is 270 g/mol. The van der Waals surface area contributed by atoms with E-state index in [9.17, 15) is 0 Å². The first-order valence-electron chi connectivity index (χ1n) is 8.31. The average molecular weight is 295 g/mol. The molecule has 1 aliphatic rings. The normalized spacial score (nSPS) is 21.0. The van der Waals surface area contributed by atoms with Crippen LogP contribution in [0.25, 0.3) is 0 Å². The highest BCUT2D eigenvalue weighted by molar-refractivity contribution is 5.34. The van der Waals surface area contributed by atoms with Crippen LogP contribution in [0.4, 0.5) is 0 Å². The van der Waals surface area contributed by atoms with E-state index in [0.717, 1.165) is 31.7 Å². The van der Waals surface area contributed by atoms with Crippen molar-refractivity contribution in [2.24, 2.45) is 5.92 Å². The molecule has 2 aromatic carbocycles. The standard InChI is InChI=1S/C20H25NO/c1-16-19(13-14-21-16)15-22-20-10-6-5-9-18(20)12-11-17-7-3-2-4-8-17/h2-10,16,19,21H,11-15H2,1H3. The Morgan fingerprint density at radius 1 is 1.00 bits per heavy atom. The predicted molar refractivity (Wildman–Crippen MR) is 91.4 cm³/mol. The summed E-state index contributed by atoms with van der Waals surface area (Å²) >= 11 is 0.